The van der Waals surface area contributed by atoms with Gasteiger partial charge in [0.1, 0.15) is 6.61 Å². The van der Waals surface area contributed by atoms with Crippen molar-refractivity contribution in [2.45, 2.75) is 6.61 Å². The van der Waals surface area contributed by atoms with Gasteiger partial charge in [-0.1, -0.05) is 48.0 Å². The van der Waals surface area contributed by atoms with Crippen LogP contribution in [0, 0.1) is 0 Å². The number of carbonyl (C=O) groups is 2. The highest BCUT2D eigenvalue weighted by molar-refractivity contribution is 7.92. The van der Waals surface area contributed by atoms with Crippen LogP contribution in [0.1, 0.15) is 15.9 Å². The molecule has 2 amide bonds. The molecule has 0 saturated carbocycles. The molecule has 8 nitrogen and oxygen atoms in total. The molecule has 3 aromatic carbocycles. The molecule has 0 unspecified atom stereocenters. The zero-order valence-corrected chi connectivity index (χ0v) is 18.5. The maximum absolute atomic E-state index is 12.7. The summed E-state index contributed by atoms with van der Waals surface area (Å²) >= 11 is 6.10. The predicted octanol–water partition coefficient (Wildman–Crippen LogP) is 4.71. The van der Waals surface area contributed by atoms with Crippen LogP contribution in [0.4, 0.5) is 21.9 Å². The van der Waals surface area contributed by atoms with Crippen molar-refractivity contribution in [1.29, 1.82) is 0 Å². The van der Waals surface area contributed by atoms with E-state index in [0.29, 0.717) is 11.4 Å². The van der Waals surface area contributed by atoms with Crippen LogP contribution in [0.5, 0.6) is 0 Å². The fraction of sp³-hybridized carbons (Fsp3) is 0.0909. The summed E-state index contributed by atoms with van der Waals surface area (Å²) in [5.74, 6) is -0.496. The van der Waals surface area contributed by atoms with E-state index in [4.69, 9.17) is 16.3 Å². The standard InChI is InChI=1S/C22H20ClN3O5S/c1-32(29,30)26-19-9-5-8-18(13-19)24-21(27)16-10-17(23)12-20(11-16)25-22(28)31-14-15-6-3-2-4-7-15/h2-13,26H,14H2,1H3,(H,24,27)(H,25,28). The Morgan fingerprint density at radius 2 is 1.59 bits per heavy atom. The van der Waals surface area contributed by atoms with Crippen molar-refractivity contribution < 1.29 is 22.7 Å². The summed E-state index contributed by atoms with van der Waals surface area (Å²) in [5.41, 5.74) is 1.99. The minimum Gasteiger partial charge on any atom is -0.444 e. The minimum absolute atomic E-state index is 0.0957. The van der Waals surface area contributed by atoms with Crippen molar-refractivity contribution in [2.75, 3.05) is 21.6 Å². The number of sulfonamides is 1. The highest BCUT2D eigenvalue weighted by atomic mass is 35.5. The Bertz CT molecular complexity index is 1230. The Labute approximate surface area is 190 Å². The van der Waals surface area contributed by atoms with Crippen LogP contribution in [-0.4, -0.2) is 26.7 Å². The highest BCUT2D eigenvalue weighted by Gasteiger charge is 2.12. The third-order valence-electron chi connectivity index (χ3n) is 4.04. The van der Waals surface area contributed by atoms with E-state index in [2.05, 4.69) is 15.4 Å². The largest absolute Gasteiger partial charge is 0.444 e. The van der Waals surface area contributed by atoms with Gasteiger partial charge in [-0.15, -0.1) is 0 Å². The van der Waals surface area contributed by atoms with E-state index in [1.165, 1.54) is 24.3 Å². The lowest BCUT2D eigenvalue weighted by Crippen LogP contribution is -2.16. The second kappa shape index (κ2) is 10.2. The molecule has 0 fully saturated rings. The van der Waals surface area contributed by atoms with E-state index in [9.17, 15) is 18.0 Å². The van der Waals surface area contributed by atoms with Gasteiger partial charge in [-0.25, -0.2) is 13.2 Å². The van der Waals surface area contributed by atoms with Crippen LogP contribution >= 0.6 is 11.6 Å². The van der Waals surface area contributed by atoms with E-state index < -0.39 is 22.0 Å². The molecule has 0 spiro atoms. The molecule has 0 aliphatic carbocycles. The van der Waals surface area contributed by atoms with Crippen molar-refractivity contribution in [3.05, 3.63) is 88.9 Å². The first-order chi connectivity index (χ1) is 15.2. The maximum atomic E-state index is 12.7. The van der Waals surface area contributed by atoms with Crippen molar-refractivity contribution in [1.82, 2.24) is 0 Å². The lowest BCUT2D eigenvalue weighted by molar-refractivity contribution is 0.102. The molecule has 0 bridgehead atoms. The molecule has 3 rings (SSSR count). The topological polar surface area (TPSA) is 114 Å². The molecule has 0 saturated heterocycles. The van der Waals surface area contributed by atoms with Crippen LogP contribution < -0.4 is 15.4 Å². The Hall–Kier alpha value is -3.56. The summed E-state index contributed by atoms with van der Waals surface area (Å²) in [4.78, 5) is 24.7. The zero-order chi connectivity index (χ0) is 23.1. The Morgan fingerprint density at radius 3 is 2.31 bits per heavy atom. The summed E-state index contributed by atoms with van der Waals surface area (Å²) in [6.45, 7) is 0.0957. The Balaban J connectivity index is 1.66. The average Bonchev–Trinajstić information content (AvgIpc) is 2.71. The number of anilines is 3. The fourth-order valence-corrected chi connectivity index (χ4v) is 3.54. The molecule has 0 aliphatic heterocycles. The van der Waals surface area contributed by atoms with Crippen LogP contribution in [0.15, 0.2) is 72.8 Å². The molecule has 0 radical (unpaired) electrons. The zero-order valence-electron chi connectivity index (χ0n) is 17.0. The van der Waals surface area contributed by atoms with E-state index in [-0.39, 0.29) is 22.9 Å². The summed E-state index contributed by atoms with van der Waals surface area (Å²) in [7, 11) is -3.45. The normalized spacial score (nSPS) is 10.8. The third-order valence-corrected chi connectivity index (χ3v) is 4.87. The second-order valence-corrected chi connectivity index (χ2v) is 9.01. The number of halogens is 1. The van der Waals surface area contributed by atoms with Crippen LogP contribution in [-0.2, 0) is 21.4 Å². The Kier molecular flexibility index (Phi) is 7.34. The molecule has 3 N–H and O–H groups in total. The van der Waals surface area contributed by atoms with E-state index in [1.54, 1.807) is 18.2 Å². The van der Waals surface area contributed by atoms with Crippen molar-refractivity contribution in [3.8, 4) is 0 Å². The van der Waals surface area contributed by atoms with Crippen LogP contribution in [0.25, 0.3) is 0 Å². The SMILES string of the molecule is CS(=O)(=O)Nc1cccc(NC(=O)c2cc(Cl)cc(NC(=O)OCc3ccccc3)c2)c1. The number of ether oxygens (including phenoxy) is 1. The maximum Gasteiger partial charge on any atom is 0.411 e. The molecule has 166 valence electrons. The van der Waals surface area contributed by atoms with E-state index in [1.807, 2.05) is 30.3 Å². The van der Waals surface area contributed by atoms with Crippen LogP contribution in [0.3, 0.4) is 0 Å². The molecule has 32 heavy (non-hydrogen) atoms. The number of hydrogen-bond donors (Lipinski definition) is 3. The minimum atomic E-state index is -3.45. The summed E-state index contributed by atoms with van der Waals surface area (Å²) in [5, 5.41) is 5.45. The lowest BCUT2D eigenvalue weighted by atomic mass is 10.1. The van der Waals surface area contributed by atoms with Crippen molar-refractivity contribution in [3.63, 3.8) is 0 Å². The number of rotatable bonds is 7. The quantitative estimate of drug-likeness (QED) is 0.459. The fourth-order valence-electron chi connectivity index (χ4n) is 2.75. The van der Waals surface area contributed by atoms with E-state index >= 15 is 0 Å². The van der Waals surface area contributed by atoms with Gasteiger partial charge in [0.25, 0.3) is 5.91 Å². The van der Waals surface area contributed by atoms with Gasteiger partial charge in [0.05, 0.1) is 11.9 Å². The van der Waals surface area contributed by atoms with Gasteiger partial charge in [-0.2, -0.15) is 0 Å². The first-order valence-electron chi connectivity index (χ1n) is 9.35. The monoisotopic (exact) mass is 473 g/mol. The lowest BCUT2D eigenvalue weighted by Gasteiger charge is -2.11. The molecule has 0 aromatic heterocycles. The van der Waals surface area contributed by atoms with Gasteiger partial charge in [0.15, 0.2) is 0 Å². The van der Waals surface area contributed by atoms with Crippen LogP contribution in [0.2, 0.25) is 5.02 Å². The molecular formula is C22H20ClN3O5S. The predicted molar refractivity (Wildman–Crippen MR) is 125 cm³/mol. The highest BCUT2D eigenvalue weighted by Crippen LogP contribution is 2.22. The van der Waals surface area contributed by atoms with Gasteiger partial charge in [-0.3, -0.25) is 14.8 Å². The first kappa shape index (κ1) is 23.1. The summed E-state index contributed by atoms with van der Waals surface area (Å²) < 4.78 is 30.3. The van der Waals surface area contributed by atoms with Gasteiger partial charge >= 0.3 is 6.09 Å². The Morgan fingerprint density at radius 1 is 0.875 bits per heavy atom. The molecule has 0 aliphatic rings. The van der Waals surface area contributed by atoms with Gasteiger partial charge < -0.3 is 10.1 Å². The molecule has 3 aromatic rings. The van der Waals surface area contributed by atoms with Gasteiger partial charge in [0, 0.05) is 22.0 Å². The average molecular weight is 474 g/mol. The second-order valence-electron chi connectivity index (χ2n) is 6.82. The molecule has 0 atom stereocenters. The number of nitrogens with one attached hydrogen (secondary N) is 3. The molecule has 10 heteroatoms. The summed E-state index contributed by atoms with van der Waals surface area (Å²) in [6.07, 6.45) is 0.339. The summed E-state index contributed by atoms with van der Waals surface area (Å²) in [6, 6.07) is 19.8. The van der Waals surface area contributed by atoms with E-state index in [0.717, 1.165) is 11.8 Å². The number of amides is 2. The number of carbonyl (C=O) groups excluding carboxylic acids is 2. The smallest absolute Gasteiger partial charge is 0.411 e. The van der Waals surface area contributed by atoms with Crippen molar-refractivity contribution >= 4 is 50.7 Å². The third kappa shape index (κ3) is 7.29. The van der Waals surface area contributed by atoms with Gasteiger partial charge in [-0.05, 0) is 42.0 Å². The van der Waals surface area contributed by atoms with Gasteiger partial charge in [0.2, 0.25) is 10.0 Å². The molecule has 0 heterocycles. The first-order valence-corrected chi connectivity index (χ1v) is 11.6. The number of benzene rings is 3. The number of hydrogen-bond acceptors (Lipinski definition) is 5. The molecular weight excluding hydrogens is 454 g/mol. The van der Waals surface area contributed by atoms with Crippen molar-refractivity contribution in [2.24, 2.45) is 0 Å².